The highest BCUT2D eigenvalue weighted by Gasteiger charge is 2.23. The third-order valence-electron chi connectivity index (χ3n) is 3.00. The van der Waals surface area contributed by atoms with Crippen LogP contribution >= 0.6 is 11.6 Å². The highest BCUT2D eigenvalue weighted by atomic mass is 35.5. The summed E-state index contributed by atoms with van der Waals surface area (Å²) in [6, 6.07) is 7.61. The van der Waals surface area contributed by atoms with E-state index in [2.05, 4.69) is 10.1 Å². The van der Waals surface area contributed by atoms with Crippen LogP contribution in [0.15, 0.2) is 29.4 Å². The number of oxime groups is 1. The van der Waals surface area contributed by atoms with Crippen molar-refractivity contribution in [2.24, 2.45) is 5.16 Å². The van der Waals surface area contributed by atoms with Crippen LogP contribution in [-0.4, -0.2) is 48.1 Å². The Bertz CT molecular complexity index is 445. The van der Waals surface area contributed by atoms with E-state index >= 15 is 0 Å². The lowest BCUT2D eigenvalue weighted by atomic mass is 10.0. The third kappa shape index (κ3) is 4.20. The molecular weight excluding hydrogens is 264 g/mol. The predicted molar refractivity (Wildman–Crippen MR) is 76.7 cm³/mol. The molecule has 2 unspecified atom stereocenters. The predicted octanol–water partition coefficient (Wildman–Crippen LogP) is 2.15. The standard InChI is InChI=1S/C14H19ClN2O2/c1-10(18)8-17(2)9-13-7-14(16-19-13)11-3-5-12(15)6-4-11/h3-6,10,13,18H,7-9H2,1-2H3. The van der Waals surface area contributed by atoms with E-state index in [-0.39, 0.29) is 12.2 Å². The summed E-state index contributed by atoms with van der Waals surface area (Å²) in [6.07, 6.45) is 0.503. The Morgan fingerprint density at radius 3 is 2.79 bits per heavy atom. The van der Waals surface area contributed by atoms with E-state index in [4.69, 9.17) is 16.4 Å². The van der Waals surface area contributed by atoms with Gasteiger partial charge in [0.25, 0.3) is 0 Å². The van der Waals surface area contributed by atoms with Crippen LogP contribution in [-0.2, 0) is 4.84 Å². The van der Waals surface area contributed by atoms with Gasteiger partial charge in [-0.05, 0) is 31.7 Å². The molecule has 0 saturated carbocycles. The molecular formula is C14H19ClN2O2. The summed E-state index contributed by atoms with van der Waals surface area (Å²) in [4.78, 5) is 7.49. The van der Waals surface area contributed by atoms with Gasteiger partial charge in [-0.2, -0.15) is 0 Å². The molecule has 2 rings (SSSR count). The van der Waals surface area contributed by atoms with Crippen LogP contribution in [0.3, 0.4) is 0 Å². The van der Waals surface area contributed by atoms with E-state index in [1.165, 1.54) is 0 Å². The molecule has 5 heteroatoms. The van der Waals surface area contributed by atoms with Gasteiger partial charge in [0.15, 0.2) is 0 Å². The summed E-state index contributed by atoms with van der Waals surface area (Å²) >= 11 is 5.86. The second kappa shape index (κ2) is 6.37. The first kappa shape index (κ1) is 14.3. The van der Waals surface area contributed by atoms with Crippen LogP contribution in [0.4, 0.5) is 0 Å². The Morgan fingerprint density at radius 2 is 2.16 bits per heavy atom. The summed E-state index contributed by atoms with van der Waals surface area (Å²) in [7, 11) is 1.97. The van der Waals surface area contributed by atoms with Crippen molar-refractivity contribution in [2.45, 2.75) is 25.6 Å². The molecule has 1 aliphatic rings. The van der Waals surface area contributed by atoms with Gasteiger partial charge >= 0.3 is 0 Å². The number of rotatable bonds is 5. The van der Waals surface area contributed by atoms with Crippen molar-refractivity contribution < 1.29 is 9.94 Å². The van der Waals surface area contributed by atoms with Crippen molar-refractivity contribution in [3.63, 3.8) is 0 Å². The molecule has 1 aromatic rings. The van der Waals surface area contributed by atoms with Crippen LogP contribution in [0.2, 0.25) is 5.02 Å². The normalized spacial score (nSPS) is 20.3. The molecule has 0 radical (unpaired) electrons. The SMILES string of the molecule is CC(O)CN(C)CC1CC(c2ccc(Cl)cc2)=NO1. The fraction of sp³-hybridized carbons (Fsp3) is 0.500. The molecule has 0 spiro atoms. The third-order valence-corrected chi connectivity index (χ3v) is 3.25. The van der Waals surface area contributed by atoms with Crippen LogP contribution in [0.1, 0.15) is 18.9 Å². The summed E-state index contributed by atoms with van der Waals surface area (Å²) < 4.78 is 0. The quantitative estimate of drug-likeness (QED) is 0.900. The van der Waals surface area contributed by atoms with E-state index < -0.39 is 0 Å². The number of aliphatic hydroxyl groups is 1. The highest BCUT2D eigenvalue weighted by Crippen LogP contribution is 2.19. The fourth-order valence-corrected chi connectivity index (χ4v) is 2.34. The second-order valence-corrected chi connectivity index (χ2v) is 5.48. The average molecular weight is 283 g/mol. The molecule has 0 aromatic heterocycles. The van der Waals surface area contributed by atoms with Gasteiger partial charge in [0.1, 0.15) is 6.10 Å². The first-order chi connectivity index (χ1) is 9.04. The molecule has 0 amide bonds. The molecule has 104 valence electrons. The maximum Gasteiger partial charge on any atom is 0.145 e. The van der Waals surface area contributed by atoms with Crippen molar-refractivity contribution in [3.05, 3.63) is 34.9 Å². The molecule has 0 bridgehead atoms. The minimum Gasteiger partial charge on any atom is -0.392 e. The summed E-state index contributed by atoms with van der Waals surface area (Å²) in [5.41, 5.74) is 2.00. The van der Waals surface area contributed by atoms with Crippen molar-refractivity contribution in [1.82, 2.24) is 4.90 Å². The first-order valence-electron chi connectivity index (χ1n) is 6.40. The Morgan fingerprint density at radius 1 is 1.47 bits per heavy atom. The summed E-state index contributed by atoms with van der Waals surface area (Å²) in [6.45, 7) is 3.17. The Kier molecular flexibility index (Phi) is 4.80. The maximum atomic E-state index is 9.33. The zero-order chi connectivity index (χ0) is 13.8. The Labute approximate surface area is 118 Å². The molecule has 2 atom stereocenters. The molecule has 1 heterocycles. The highest BCUT2D eigenvalue weighted by molar-refractivity contribution is 6.30. The zero-order valence-corrected chi connectivity index (χ0v) is 12.0. The molecule has 0 saturated heterocycles. The van der Waals surface area contributed by atoms with Crippen molar-refractivity contribution in [3.8, 4) is 0 Å². The van der Waals surface area contributed by atoms with Gasteiger partial charge in [-0.3, -0.25) is 0 Å². The van der Waals surface area contributed by atoms with Crippen LogP contribution < -0.4 is 0 Å². The van der Waals surface area contributed by atoms with Gasteiger partial charge in [-0.15, -0.1) is 0 Å². The zero-order valence-electron chi connectivity index (χ0n) is 11.2. The molecule has 1 N–H and O–H groups in total. The molecule has 0 aliphatic carbocycles. The number of likely N-dealkylation sites (N-methyl/N-ethyl adjacent to an activating group) is 1. The van der Waals surface area contributed by atoms with E-state index in [1.807, 2.05) is 31.3 Å². The lowest BCUT2D eigenvalue weighted by Gasteiger charge is -2.20. The minimum atomic E-state index is -0.331. The number of hydrogen-bond donors (Lipinski definition) is 1. The van der Waals surface area contributed by atoms with Gasteiger partial charge in [0, 0.05) is 24.5 Å². The summed E-state index contributed by atoms with van der Waals surface area (Å²) in [5.74, 6) is 0. The van der Waals surface area contributed by atoms with Gasteiger partial charge in [-0.25, -0.2) is 0 Å². The van der Waals surface area contributed by atoms with Crippen LogP contribution in [0.5, 0.6) is 0 Å². The smallest absolute Gasteiger partial charge is 0.145 e. The Balaban J connectivity index is 1.87. The van der Waals surface area contributed by atoms with E-state index in [1.54, 1.807) is 6.92 Å². The topological polar surface area (TPSA) is 45.1 Å². The largest absolute Gasteiger partial charge is 0.392 e. The van der Waals surface area contributed by atoms with Crippen LogP contribution in [0.25, 0.3) is 0 Å². The number of hydrogen-bond acceptors (Lipinski definition) is 4. The van der Waals surface area contributed by atoms with Crippen molar-refractivity contribution >= 4 is 17.3 Å². The lowest BCUT2D eigenvalue weighted by Crippen LogP contribution is -2.34. The van der Waals surface area contributed by atoms with Crippen molar-refractivity contribution in [1.29, 1.82) is 0 Å². The molecule has 1 aliphatic heterocycles. The van der Waals surface area contributed by atoms with Gasteiger partial charge in [0.05, 0.1) is 11.8 Å². The van der Waals surface area contributed by atoms with Crippen LogP contribution in [0, 0.1) is 0 Å². The van der Waals surface area contributed by atoms with Crippen molar-refractivity contribution in [2.75, 3.05) is 20.1 Å². The van der Waals surface area contributed by atoms with E-state index in [0.717, 1.165) is 29.3 Å². The lowest BCUT2D eigenvalue weighted by molar-refractivity contribution is 0.0469. The van der Waals surface area contributed by atoms with Gasteiger partial charge in [-0.1, -0.05) is 28.9 Å². The second-order valence-electron chi connectivity index (χ2n) is 5.05. The Hall–Kier alpha value is -1.10. The van der Waals surface area contributed by atoms with E-state index in [9.17, 15) is 5.11 Å². The number of halogens is 1. The molecule has 19 heavy (non-hydrogen) atoms. The average Bonchev–Trinajstić information content (AvgIpc) is 2.77. The molecule has 1 aromatic carbocycles. The minimum absolute atomic E-state index is 0.0504. The number of nitrogens with zero attached hydrogens (tertiary/aromatic N) is 2. The monoisotopic (exact) mass is 282 g/mol. The number of benzene rings is 1. The first-order valence-corrected chi connectivity index (χ1v) is 6.77. The number of aliphatic hydroxyl groups excluding tert-OH is 1. The molecule has 4 nitrogen and oxygen atoms in total. The van der Waals surface area contributed by atoms with Gasteiger partial charge < -0.3 is 14.8 Å². The van der Waals surface area contributed by atoms with Gasteiger partial charge in [0.2, 0.25) is 0 Å². The maximum absolute atomic E-state index is 9.33. The molecule has 0 fully saturated rings. The fourth-order valence-electron chi connectivity index (χ4n) is 2.21. The van der Waals surface area contributed by atoms with E-state index in [0.29, 0.717) is 6.54 Å². The summed E-state index contributed by atoms with van der Waals surface area (Å²) in [5, 5.41) is 14.2.